The molecule has 0 spiro atoms. The van der Waals surface area contributed by atoms with Gasteiger partial charge >= 0.3 is 5.97 Å². The second-order valence-electron chi connectivity index (χ2n) is 4.30. The Hall–Kier alpha value is -0.600. The van der Waals surface area contributed by atoms with Gasteiger partial charge in [0.05, 0.1) is 16.8 Å². The van der Waals surface area contributed by atoms with Gasteiger partial charge in [-0.05, 0) is 54.3 Å². The highest BCUT2D eigenvalue weighted by molar-refractivity contribution is 14.1. The molecule has 0 aromatic heterocycles. The second kappa shape index (κ2) is 14.3. The number of aliphatic hydroxyl groups is 1. The first-order chi connectivity index (χ1) is 10.2. The van der Waals surface area contributed by atoms with E-state index in [1.54, 1.807) is 12.2 Å². The number of allylic oxidation sites excluding steroid dienone is 2. The Bertz CT molecular complexity index is 332. The molecule has 0 unspecified atom stereocenters. The standard InChI is InChI=1S/C15H26INO4/c1-3-5-8-17(10-11-18)9-6-7-14(16)15(19)21-13-12-20-4-2/h6-7,9,18H,3-5,8,10-13H2,1-2H3/b9-6+,14-7-. The van der Waals surface area contributed by atoms with Crippen molar-refractivity contribution in [1.82, 2.24) is 4.90 Å². The number of rotatable bonds is 12. The number of ether oxygens (including phenoxy) is 2. The number of hydrogen-bond acceptors (Lipinski definition) is 5. The SMILES string of the molecule is CCCCN(/C=C/C=C(\I)C(=O)OCCOCC)CCO. The Labute approximate surface area is 141 Å². The van der Waals surface area contributed by atoms with Gasteiger partial charge in [-0.1, -0.05) is 13.3 Å². The van der Waals surface area contributed by atoms with Crippen LogP contribution in [0, 0.1) is 0 Å². The highest BCUT2D eigenvalue weighted by Crippen LogP contribution is 2.08. The summed E-state index contributed by atoms with van der Waals surface area (Å²) in [6, 6.07) is 0. The third kappa shape index (κ3) is 11.7. The Kier molecular flexibility index (Phi) is 13.9. The van der Waals surface area contributed by atoms with E-state index in [-0.39, 0.29) is 19.2 Å². The number of nitrogens with zero attached hydrogens (tertiary/aromatic N) is 1. The lowest BCUT2D eigenvalue weighted by atomic mass is 10.3. The van der Waals surface area contributed by atoms with E-state index in [0.29, 0.717) is 23.3 Å². The summed E-state index contributed by atoms with van der Waals surface area (Å²) in [5.41, 5.74) is 0. The van der Waals surface area contributed by atoms with Crippen molar-refractivity contribution < 1.29 is 19.4 Å². The normalized spacial score (nSPS) is 11.9. The molecule has 0 radical (unpaired) electrons. The molecule has 122 valence electrons. The van der Waals surface area contributed by atoms with Crippen LogP contribution in [-0.2, 0) is 14.3 Å². The molecule has 0 rings (SSSR count). The minimum absolute atomic E-state index is 0.119. The second-order valence-corrected chi connectivity index (χ2v) is 5.46. The van der Waals surface area contributed by atoms with E-state index >= 15 is 0 Å². The Morgan fingerprint density at radius 1 is 1.29 bits per heavy atom. The van der Waals surface area contributed by atoms with Crippen LogP contribution in [-0.4, -0.2) is 55.5 Å². The van der Waals surface area contributed by atoms with E-state index < -0.39 is 0 Å². The summed E-state index contributed by atoms with van der Waals surface area (Å²) >= 11 is 1.95. The topological polar surface area (TPSA) is 59.0 Å². The number of aliphatic hydroxyl groups excluding tert-OH is 1. The van der Waals surface area contributed by atoms with E-state index in [0.717, 1.165) is 19.4 Å². The molecule has 0 aliphatic carbocycles. The van der Waals surface area contributed by atoms with Crippen LogP contribution < -0.4 is 0 Å². The molecule has 6 heteroatoms. The van der Waals surface area contributed by atoms with Crippen LogP contribution in [0.4, 0.5) is 0 Å². The minimum atomic E-state index is -0.345. The molecule has 0 bridgehead atoms. The molecule has 5 nitrogen and oxygen atoms in total. The quantitative estimate of drug-likeness (QED) is 0.176. The van der Waals surface area contributed by atoms with Crippen LogP contribution >= 0.6 is 22.6 Å². The van der Waals surface area contributed by atoms with Gasteiger partial charge in [-0.2, -0.15) is 0 Å². The van der Waals surface area contributed by atoms with Crippen LogP contribution in [0.15, 0.2) is 21.9 Å². The summed E-state index contributed by atoms with van der Waals surface area (Å²) in [6.07, 6.45) is 7.58. The van der Waals surface area contributed by atoms with Crippen LogP contribution in [0.1, 0.15) is 26.7 Å². The average Bonchev–Trinajstić information content (AvgIpc) is 2.48. The molecule has 21 heavy (non-hydrogen) atoms. The Morgan fingerprint density at radius 2 is 2.05 bits per heavy atom. The Balaban J connectivity index is 4.20. The van der Waals surface area contributed by atoms with Gasteiger partial charge in [0.15, 0.2) is 0 Å². The van der Waals surface area contributed by atoms with Gasteiger partial charge in [0.2, 0.25) is 0 Å². The molecule has 0 aliphatic rings. The molecule has 1 N–H and O–H groups in total. The van der Waals surface area contributed by atoms with Crippen LogP contribution in [0.5, 0.6) is 0 Å². The lowest BCUT2D eigenvalue weighted by Crippen LogP contribution is -2.22. The molecule has 0 atom stereocenters. The van der Waals surface area contributed by atoms with Crippen molar-refractivity contribution in [2.24, 2.45) is 0 Å². The molecular weight excluding hydrogens is 385 g/mol. The zero-order valence-corrected chi connectivity index (χ0v) is 15.0. The van der Waals surface area contributed by atoms with Gasteiger partial charge in [-0.3, -0.25) is 0 Å². The first-order valence-corrected chi connectivity index (χ1v) is 8.37. The number of carbonyl (C=O) groups excluding carboxylic acids is 1. The molecule has 0 amide bonds. The average molecular weight is 411 g/mol. The van der Waals surface area contributed by atoms with E-state index in [9.17, 15) is 4.79 Å². The van der Waals surface area contributed by atoms with Crippen molar-refractivity contribution in [2.75, 3.05) is 39.5 Å². The number of esters is 1. The van der Waals surface area contributed by atoms with Crippen LogP contribution in [0.3, 0.4) is 0 Å². The molecule has 0 aromatic rings. The van der Waals surface area contributed by atoms with Gasteiger partial charge in [0.1, 0.15) is 6.61 Å². The summed E-state index contributed by atoms with van der Waals surface area (Å²) < 4.78 is 10.7. The van der Waals surface area contributed by atoms with Crippen molar-refractivity contribution in [2.45, 2.75) is 26.7 Å². The zero-order chi connectivity index (χ0) is 15.9. The summed E-state index contributed by atoms with van der Waals surface area (Å²) in [4.78, 5) is 13.7. The fourth-order valence-electron chi connectivity index (χ4n) is 1.47. The van der Waals surface area contributed by atoms with E-state index in [2.05, 4.69) is 6.92 Å². The lowest BCUT2D eigenvalue weighted by molar-refractivity contribution is -0.139. The first-order valence-electron chi connectivity index (χ1n) is 7.29. The fourth-order valence-corrected chi connectivity index (χ4v) is 1.84. The number of hydrogen-bond donors (Lipinski definition) is 1. The molecule has 0 heterocycles. The molecule has 0 aliphatic heterocycles. The fraction of sp³-hybridized carbons (Fsp3) is 0.667. The third-order valence-corrected chi connectivity index (χ3v) is 3.39. The molecule has 0 saturated heterocycles. The van der Waals surface area contributed by atoms with Crippen LogP contribution in [0.25, 0.3) is 0 Å². The van der Waals surface area contributed by atoms with Crippen LogP contribution in [0.2, 0.25) is 0 Å². The van der Waals surface area contributed by atoms with Crippen molar-refractivity contribution in [3.05, 3.63) is 21.9 Å². The molecule has 0 fully saturated rings. The maximum Gasteiger partial charge on any atom is 0.344 e. The highest BCUT2D eigenvalue weighted by Gasteiger charge is 2.06. The predicted molar refractivity (Wildman–Crippen MR) is 92.3 cm³/mol. The summed E-state index contributed by atoms with van der Waals surface area (Å²) in [5.74, 6) is -0.345. The zero-order valence-electron chi connectivity index (χ0n) is 12.9. The van der Waals surface area contributed by atoms with Gasteiger partial charge in [-0.25, -0.2) is 4.79 Å². The van der Waals surface area contributed by atoms with Crippen molar-refractivity contribution in [3.8, 4) is 0 Å². The van der Waals surface area contributed by atoms with E-state index in [1.807, 2.05) is 40.6 Å². The molecular formula is C15H26INO4. The van der Waals surface area contributed by atoms with Gasteiger partial charge in [-0.15, -0.1) is 0 Å². The summed E-state index contributed by atoms with van der Waals surface area (Å²) in [7, 11) is 0. The number of halogens is 1. The highest BCUT2D eigenvalue weighted by atomic mass is 127. The van der Waals surface area contributed by atoms with Gasteiger partial charge in [0.25, 0.3) is 0 Å². The number of unbranched alkanes of at least 4 members (excludes halogenated alkanes) is 1. The maximum absolute atomic E-state index is 11.6. The minimum Gasteiger partial charge on any atom is -0.459 e. The smallest absolute Gasteiger partial charge is 0.344 e. The van der Waals surface area contributed by atoms with E-state index in [4.69, 9.17) is 14.6 Å². The van der Waals surface area contributed by atoms with E-state index in [1.165, 1.54) is 0 Å². The first kappa shape index (κ1) is 20.4. The lowest BCUT2D eigenvalue weighted by Gasteiger charge is -2.18. The summed E-state index contributed by atoms with van der Waals surface area (Å²) in [5, 5.41) is 9.00. The maximum atomic E-state index is 11.6. The number of carbonyl (C=O) groups is 1. The monoisotopic (exact) mass is 411 g/mol. The third-order valence-electron chi connectivity index (χ3n) is 2.59. The Morgan fingerprint density at radius 3 is 2.67 bits per heavy atom. The predicted octanol–water partition coefficient (Wildman–Crippen LogP) is 2.49. The van der Waals surface area contributed by atoms with Crippen molar-refractivity contribution >= 4 is 28.6 Å². The molecule has 0 saturated carbocycles. The van der Waals surface area contributed by atoms with Crippen molar-refractivity contribution in [3.63, 3.8) is 0 Å². The van der Waals surface area contributed by atoms with Gasteiger partial charge < -0.3 is 19.5 Å². The molecule has 0 aromatic carbocycles. The van der Waals surface area contributed by atoms with Gasteiger partial charge in [0, 0.05) is 19.7 Å². The largest absolute Gasteiger partial charge is 0.459 e. The summed E-state index contributed by atoms with van der Waals surface area (Å²) in [6.45, 7) is 6.94. The van der Waals surface area contributed by atoms with Crippen molar-refractivity contribution in [1.29, 1.82) is 0 Å².